The van der Waals surface area contributed by atoms with Crippen LogP contribution < -0.4 is 5.32 Å². The van der Waals surface area contributed by atoms with Crippen molar-refractivity contribution in [3.63, 3.8) is 0 Å². The van der Waals surface area contributed by atoms with E-state index in [1.807, 2.05) is 6.92 Å². The smallest absolute Gasteiger partial charge is 0.132 e. The summed E-state index contributed by atoms with van der Waals surface area (Å²) in [5, 5.41) is 3.28. The molecule has 2 heteroatoms. The summed E-state index contributed by atoms with van der Waals surface area (Å²) in [4.78, 5) is 10.7. The van der Waals surface area contributed by atoms with Gasteiger partial charge in [0.05, 0.1) is 0 Å². The van der Waals surface area contributed by atoms with Crippen LogP contribution in [0.25, 0.3) is 0 Å². The predicted octanol–water partition coefficient (Wildman–Crippen LogP) is 3.31. The van der Waals surface area contributed by atoms with Crippen molar-refractivity contribution in [3.05, 3.63) is 0 Å². The molecule has 0 radical (unpaired) electrons. The van der Waals surface area contributed by atoms with Gasteiger partial charge in [-0.1, -0.05) is 33.1 Å². The third-order valence-electron chi connectivity index (χ3n) is 2.66. The van der Waals surface area contributed by atoms with Crippen molar-refractivity contribution in [2.24, 2.45) is 0 Å². The third-order valence-corrected chi connectivity index (χ3v) is 2.66. The van der Waals surface area contributed by atoms with Crippen molar-refractivity contribution in [2.75, 3.05) is 13.1 Å². The number of hydrogen-bond donors (Lipinski definition) is 1. The number of hydrogen-bond acceptors (Lipinski definition) is 2. The molecule has 0 spiro atoms. The highest BCUT2D eigenvalue weighted by molar-refractivity contribution is 5.77. The topological polar surface area (TPSA) is 29.1 Å². The lowest BCUT2D eigenvalue weighted by atomic mass is 10.1. The quantitative estimate of drug-likeness (QED) is 0.710. The Morgan fingerprint density at radius 3 is 2.07 bits per heavy atom. The van der Waals surface area contributed by atoms with Gasteiger partial charge in [0.2, 0.25) is 0 Å². The highest BCUT2D eigenvalue weighted by Gasteiger charge is 1.95. The lowest BCUT2D eigenvalue weighted by Crippen LogP contribution is -2.21. The number of ketones is 1. The van der Waals surface area contributed by atoms with Crippen LogP contribution in [0.15, 0.2) is 0 Å². The maximum absolute atomic E-state index is 10.7. The van der Waals surface area contributed by atoms with E-state index < -0.39 is 0 Å². The van der Waals surface area contributed by atoms with E-state index in [0.29, 0.717) is 12.2 Å². The summed E-state index contributed by atoms with van der Waals surface area (Å²) in [7, 11) is 0. The second-order valence-corrected chi connectivity index (χ2v) is 4.16. The first-order valence-electron chi connectivity index (χ1n) is 6.53. The summed E-state index contributed by atoms with van der Waals surface area (Å²) in [6.07, 6.45) is 9.22. The van der Waals surface area contributed by atoms with Gasteiger partial charge >= 0.3 is 0 Å². The lowest BCUT2D eigenvalue weighted by Gasteiger charge is -2.08. The van der Waals surface area contributed by atoms with Gasteiger partial charge in [0.25, 0.3) is 0 Å². The Morgan fingerprint density at radius 1 is 1.07 bits per heavy atom. The van der Waals surface area contributed by atoms with E-state index in [0.717, 1.165) is 12.8 Å². The van der Waals surface area contributed by atoms with Crippen LogP contribution in [0.5, 0.6) is 0 Å². The Kier molecular flexibility index (Phi) is 11.4. The molecule has 1 saturated heterocycles. The lowest BCUT2D eigenvalue weighted by molar-refractivity contribution is -0.118. The Morgan fingerprint density at radius 2 is 1.73 bits per heavy atom. The van der Waals surface area contributed by atoms with Crippen LogP contribution in [0.2, 0.25) is 0 Å². The summed E-state index contributed by atoms with van der Waals surface area (Å²) in [5.41, 5.74) is 0. The standard InChI is InChI=1S/C8H16O.C5H11N/c1-3-5-6-7-8(9)4-2;1-2-4-6-5-3-1/h3-7H2,1-2H3;6H,1-5H2. The van der Waals surface area contributed by atoms with Crippen molar-refractivity contribution in [2.45, 2.75) is 65.2 Å². The molecule has 1 heterocycles. The SMILES string of the molecule is C1CCNCC1.CCCCCC(=O)CC. The predicted molar refractivity (Wildman–Crippen MR) is 66.2 cm³/mol. The molecule has 1 N–H and O–H groups in total. The molecule has 0 aliphatic carbocycles. The van der Waals surface area contributed by atoms with E-state index in [1.165, 1.54) is 45.2 Å². The number of carbonyl (C=O) groups excluding carboxylic acids is 1. The summed E-state index contributed by atoms with van der Waals surface area (Å²) >= 11 is 0. The highest BCUT2D eigenvalue weighted by Crippen LogP contribution is 2.00. The molecule has 0 bridgehead atoms. The number of nitrogens with one attached hydrogen (secondary N) is 1. The maximum atomic E-state index is 10.7. The Labute approximate surface area is 94.8 Å². The average molecular weight is 213 g/mol. The molecular formula is C13H27NO. The van der Waals surface area contributed by atoms with Gasteiger partial charge in [-0.25, -0.2) is 0 Å². The minimum atomic E-state index is 0.406. The third kappa shape index (κ3) is 11.6. The molecule has 2 nitrogen and oxygen atoms in total. The van der Waals surface area contributed by atoms with Crippen LogP contribution in [0, 0.1) is 0 Å². The van der Waals surface area contributed by atoms with Crippen molar-refractivity contribution >= 4 is 5.78 Å². The Balaban J connectivity index is 0.000000280. The molecule has 90 valence electrons. The minimum absolute atomic E-state index is 0.406. The highest BCUT2D eigenvalue weighted by atomic mass is 16.1. The molecule has 0 aromatic heterocycles. The van der Waals surface area contributed by atoms with Crippen LogP contribution in [0.4, 0.5) is 0 Å². The average Bonchev–Trinajstić information content (AvgIpc) is 2.32. The van der Waals surface area contributed by atoms with Crippen LogP contribution in [-0.4, -0.2) is 18.9 Å². The maximum Gasteiger partial charge on any atom is 0.132 e. The van der Waals surface area contributed by atoms with Gasteiger partial charge in [-0.2, -0.15) is 0 Å². The largest absolute Gasteiger partial charge is 0.317 e. The molecule has 0 aromatic rings. The van der Waals surface area contributed by atoms with Gasteiger partial charge in [-0.3, -0.25) is 4.79 Å². The van der Waals surface area contributed by atoms with E-state index in [2.05, 4.69) is 12.2 Å². The molecule has 0 aromatic carbocycles. The molecule has 1 aliphatic rings. The van der Waals surface area contributed by atoms with Crippen LogP contribution in [0.1, 0.15) is 65.2 Å². The van der Waals surface area contributed by atoms with Crippen molar-refractivity contribution < 1.29 is 4.79 Å². The van der Waals surface area contributed by atoms with Crippen molar-refractivity contribution in [3.8, 4) is 0 Å². The van der Waals surface area contributed by atoms with E-state index in [1.54, 1.807) is 0 Å². The zero-order valence-corrected chi connectivity index (χ0v) is 10.5. The van der Waals surface area contributed by atoms with Gasteiger partial charge in [-0.15, -0.1) is 0 Å². The molecule has 1 aliphatic heterocycles. The molecule has 0 atom stereocenters. The molecule has 1 fully saturated rings. The van der Waals surface area contributed by atoms with E-state index >= 15 is 0 Å². The number of Topliss-reactive ketones (excluding diaryl/α,β-unsaturated/α-hetero) is 1. The van der Waals surface area contributed by atoms with Gasteiger partial charge in [0.1, 0.15) is 5.78 Å². The monoisotopic (exact) mass is 213 g/mol. The fraction of sp³-hybridized carbons (Fsp3) is 0.923. The minimum Gasteiger partial charge on any atom is -0.317 e. The van der Waals surface area contributed by atoms with Crippen molar-refractivity contribution in [1.29, 1.82) is 0 Å². The van der Waals surface area contributed by atoms with Crippen LogP contribution in [-0.2, 0) is 4.79 Å². The summed E-state index contributed by atoms with van der Waals surface area (Å²) < 4.78 is 0. The Bertz CT molecular complexity index is 130. The first kappa shape index (κ1) is 14.6. The number of rotatable bonds is 5. The second kappa shape index (κ2) is 11.7. The molecule has 15 heavy (non-hydrogen) atoms. The number of piperidine rings is 1. The van der Waals surface area contributed by atoms with E-state index in [-0.39, 0.29) is 0 Å². The van der Waals surface area contributed by atoms with Crippen LogP contribution >= 0.6 is 0 Å². The van der Waals surface area contributed by atoms with Gasteiger partial charge < -0.3 is 5.32 Å². The first-order valence-corrected chi connectivity index (χ1v) is 6.53. The summed E-state index contributed by atoms with van der Waals surface area (Å²) in [6.45, 7) is 6.57. The molecule has 0 amide bonds. The molecule has 0 unspecified atom stereocenters. The zero-order chi connectivity index (χ0) is 11.4. The number of unbranched alkanes of at least 4 members (excludes halogenated alkanes) is 2. The van der Waals surface area contributed by atoms with Crippen LogP contribution in [0.3, 0.4) is 0 Å². The normalized spacial score (nSPS) is 15.3. The van der Waals surface area contributed by atoms with E-state index in [9.17, 15) is 4.79 Å². The molecule has 0 saturated carbocycles. The number of carbonyl (C=O) groups is 1. The van der Waals surface area contributed by atoms with Gasteiger partial charge in [-0.05, 0) is 32.4 Å². The second-order valence-electron chi connectivity index (χ2n) is 4.16. The first-order chi connectivity index (χ1) is 7.31. The van der Waals surface area contributed by atoms with Gasteiger partial charge in [0, 0.05) is 12.8 Å². The van der Waals surface area contributed by atoms with E-state index in [4.69, 9.17) is 0 Å². The van der Waals surface area contributed by atoms with Gasteiger partial charge in [0.15, 0.2) is 0 Å². The Hall–Kier alpha value is -0.370. The molecule has 1 rings (SSSR count). The zero-order valence-electron chi connectivity index (χ0n) is 10.5. The summed E-state index contributed by atoms with van der Waals surface area (Å²) in [6, 6.07) is 0. The van der Waals surface area contributed by atoms with Crippen molar-refractivity contribution in [1.82, 2.24) is 5.32 Å². The fourth-order valence-corrected chi connectivity index (χ4v) is 1.55. The summed E-state index contributed by atoms with van der Waals surface area (Å²) in [5.74, 6) is 0.406. The fourth-order valence-electron chi connectivity index (χ4n) is 1.55. The molecular weight excluding hydrogens is 186 g/mol.